The van der Waals surface area contributed by atoms with Crippen molar-refractivity contribution in [2.45, 2.75) is 13.2 Å². The van der Waals surface area contributed by atoms with Gasteiger partial charge >= 0.3 is 19.2 Å². The highest BCUT2D eigenvalue weighted by atomic mass is 19.3. The monoisotopic (exact) mass is 381 g/mol. The van der Waals surface area contributed by atoms with Crippen molar-refractivity contribution >= 4 is 17.9 Å². The van der Waals surface area contributed by atoms with Gasteiger partial charge in [-0.3, -0.25) is 0 Å². The molecule has 0 bridgehead atoms. The van der Waals surface area contributed by atoms with Gasteiger partial charge in [0.05, 0.1) is 0 Å². The molecule has 0 saturated heterocycles. The lowest BCUT2D eigenvalue weighted by molar-refractivity contribution is -0.129. The third-order valence-electron chi connectivity index (χ3n) is 3.36. The van der Waals surface area contributed by atoms with Crippen molar-refractivity contribution in [3.63, 3.8) is 0 Å². The fourth-order valence-electron chi connectivity index (χ4n) is 2.21. The number of alkyl halides is 4. The summed E-state index contributed by atoms with van der Waals surface area (Å²) in [4.78, 5) is 16.0. The number of rotatable bonds is 6. The molecule has 1 heterocycles. The second-order valence-corrected chi connectivity index (χ2v) is 5.19. The van der Waals surface area contributed by atoms with Crippen molar-refractivity contribution in [1.82, 2.24) is 0 Å². The normalized spacial score (nSPS) is 15.3. The van der Waals surface area contributed by atoms with E-state index in [-0.39, 0.29) is 23.1 Å². The molecule has 1 aliphatic rings. The molecule has 0 fully saturated rings. The van der Waals surface area contributed by atoms with E-state index in [1.165, 1.54) is 54.6 Å². The van der Waals surface area contributed by atoms with Crippen LogP contribution in [0.4, 0.5) is 17.6 Å². The molecular formula is C18H11F4NO4. The van der Waals surface area contributed by atoms with E-state index in [1.807, 2.05) is 0 Å². The predicted octanol–water partition coefficient (Wildman–Crippen LogP) is 4.23. The number of cyclic esters (lactones) is 1. The quantitative estimate of drug-likeness (QED) is 0.427. The number of esters is 1. The van der Waals surface area contributed by atoms with Crippen molar-refractivity contribution < 1.29 is 36.6 Å². The van der Waals surface area contributed by atoms with Crippen LogP contribution in [-0.4, -0.2) is 25.1 Å². The van der Waals surface area contributed by atoms with Crippen LogP contribution in [-0.2, 0) is 9.53 Å². The summed E-state index contributed by atoms with van der Waals surface area (Å²) < 4.78 is 62.1. The molecule has 27 heavy (non-hydrogen) atoms. The highest BCUT2D eigenvalue weighted by molar-refractivity contribution is 6.12. The van der Waals surface area contributed by atoms with Gasteiger partial charge in [0.2, 0.25) is 5.90 Å². The Hall–Kier alpha value is -3.36. The summed E-state index contributed by atoms with van der Waals surface area (Å²) in [6.45, 7) is -5.87. The maximum Gasteiger partial charge on any atom is 0.387 e. The molecule has 0 aliphatic carbocycles. The molecular weight excluding hydrogens is 370 g/mol. The Labute approximate surface area is 150 Å². The molecule has 0 N–H and O–H groups in total. The van der Waals surface area contributed by atoms with Crippen LogP contribution in [0.15, 0.2) is 59.2 Å². The average molecular weight is 381 g/mol. The smallest absolute Gasteiger partial charge is 0.387 e. The van der Waals surface area contributed by atoms with Crippen molar-refractivity contribution in [3.05, 3.63) is 65.4 Å². The van der Waals surface area contributed by atoms with Gasteiger partial charge in [0, 0.05) is 5.56 Å². The molecule has 0 spiro atoms. The third kappa shape index (κ3) is 4.84. The molecule has 2 aromatic rings. The minimum atomic E-state index is -2.94. The van der Waals surface area contributed by atoms with Gasteiger partial charge in [0.25, 0.3) is 0 Å². The molecule has 1 aliphatic heterocycles. The second-order valence-electron chi connectivity index (χ2n) is 5.19. The Morgan fingerprint density at radius 1 is 0.852 bits per heavy atom. The number of hydrogen-bond acceptors (Lipinski definition) is 5. The van der Waals surface area contributed by atoms with E-state index in [0.29, 0.717) is 11.1 Å². The van der Waals surface area contributed by atoms with Crippen LogP contribution in [0.3, 0.4) is 0 Å². The van der Waals surface area contributed by atoms with Gasteiger partial charge in [-0.2, -0.15) is 17.6 Å². The van der Waals surface area contributed by atoms with Crippen LogP contribution in [0, 0.1) is 0 Å². The summed E-state index contributed by atoms with van der Waals surface area (Å²) in [6.07, 6.45) is 1.41. The number of carbonyl (C=O) groups excluding carboxylic acids is 1. The van der Waals surface area contributed by atoms with E-state index in [4.69, 9.17) is 4.74 Å². The van der Waals surface area contributed by atoms with Crippen molar-refractivity contribution in [1.29, 1.82) is 0 Å². The van der Waals surface area contributed by atoms with Gasteiger partial charge in [-0.05, 0) is 48.0 Å². The highest BCUT2D eigenvalue weighted by Gasteiger charge is 2.24. The summed E-state index contributed by atoms with van der Waals surface area (Å²) in [6, 6.07) is 11.0. The van der Waals surface area contributed by atoms with Gasteiger partial charge in [-0.15, -0.1) is 0 Å². The van der Waals surface area contributed by atoms with Crippen molar-refractivity contribution in [2.75, 3.05) is 0 Å². The number of ether oxygens (including phenoxy) is 3. The fourth-order valence-corrected chi connectivity index (χ4v) is 2.21. The van der Waals surface area contributed by atoms with Gasteiger partial charge in [-0.25, -0.2) is 9.79 Å². The van der Waals surface area contributed by atoms with E-state index in [9.17, 15) is 22.4 Å². The minimum absolute atomic E-state index is 0.000403. The zero-order valence-corrected chi connectivity index (χ0v) is 13.4. The van der Waals surface area contributed by atoms with E-state index in [0.717, 1.165) is 0 Å². The van der Waals surface area contributed by atoms with Crippen molar-refractivity contribution in [2.24, 2.45) is 4.99 Å². The summed E-state index contributed by atoms with van der Waals surface area (Å²) in [5.41, 5.74) is 0.920. The van der Waals surface area contributed by atoms with Crippen LogP contribution in [0.2, 0.25) is 0 Å². The zero-order valence-electron chi connectivity index (χ0n) is 13.4. The summed E-state index contributed by atoms with van der Waals surface area (Å²) in [5, 5.41) is 0. The largest absolute Gasteiger partial charge is 0.435 e. The van der Waals surface area contributed by atoms with Crippen LogP contribution in [0.5, 0.6) is 11.5 Å². The van der Waals surface area contributed by atoms with Crippen LogP contribution < -0.4 is 9.47 Å². The van der Waals surface area contributed by atoms with Gasteiger partial charge in [0.1, 0.15) is 11.5 Å². The molecule has 3 rings (SSSR count). The molecule has 2 aromatic carbocycles. The Kier molecular flexibility index (Phi) is 5.39. The molecule has 9 heteroatoms. The Morgan fingerprint density at radius 3 is 1.89 bits per heavy atom. The first-order valence-corrected chi connectivity index (χ1v) is 7.53. The SMILES string of the molecule is O=C1OC(c2ccc(OC(F)F)cc2)=N/C1=C/c1ccc(OC(F)F)cc1. The number of aliphatic imine (C=N–C) groups is 1. The number of benzene rings is 2. The van der Waals surface area contributed by atoms with Crippen LogP contribution in [0.25, 0.3) is 6.08 Å². The molecule has 0 aromatic heterocycles. The maximum atomic E-state index is 12.2. The average Bonchev–Trinajstić information content (AvgIpc) is 2.97. The Balaban J connectivity index is 1.76. The second kappa shape index (κ2) is 7.90. The summed E-state index contributed by atoms with van der Waals surface area (Å²) >= 11 is 0. The Morgan fingerprint density at radius 2 is 1.37 bits per heavy atom. The van der Waals surface area contributed by atoms with Gasteiger partial charge < -0.3 is 14.2 Å². The van der Waals surface area contributed by atoms with Crippen LogP contribution in [0.1, 0.15) is 11.1 Å². The summed E-state index contributed by atoms with van der Waals surface area (Å²) in [7, 11) is 0. The minimum Gasteiger partial charge on any atom is -0.435 e. The number of halogens is 4. The predicted molar refractivity (Wildman–Crippen MR) is 86.8 cm³/mol. The van der Waals surface area contributed by atoms with Crippen molar-refractivity contribution in [3.8, 4) is 11.5 Å². The lowest BCUT2D eigenvalue weighted by Crippen LogP contribution is -2.06. The number of hydrogen-bond donors (Lipinski definition) is 0. The molecule has 0 radical (unpaired) electrons. The van der Waals surface area contributed by atoms with E-state index >= 15 is 0 Å². The van der Waals surface area contributed by atoms with Crippen LogP contribution >= 0.6 is 0 Å². The number of nitrogens with zero attached hydrogens (tertiary/aromatic N) is 1. The first-order valence-electron chi connectivity index (χ1n) is 7.53. The standard InChI is InChI=1S/C18H11F4NO4/c19-17(20)25-12-5-1-10(2-6-12)9-14-16(24)27-15(23-14)11-3-7-13(8-4-11)26-18(21)22/h1-9,17-18H/b14-9+. The molecule has 0 unspecified atom stereocenters. The number of carbonyl (C=O) groups is 1. The molecule has 0 saturated carbocycles. The van der Waals surface area contributed by atoms with E-state index in [1.54, 1.807) is 0 Å². The fraction of sp³-hybridized carbons (Fsp3) is 0.111. The van der Waals surface area contributed by atoms with E-state index < -0.39 is 19.2 Å². The lowest BCUT2D eigenvalue weighted by atomic mass is 10.2. The third-order valence-corrected chi connectivity index (χ3v) is 3.36. The molecule has 0 amide bonds. The maximum absolute atomic E-state index is 12.2. The Bertz CT molecular complexity index is 877. The highest BCUT2D eigenvalue weighted by Crippen LogP contribution is 2.22. The first kappa shape index (κ1) is 18.4. The summed E-state index contributed by atoms with van der Waals surface area (Å²) in [5.74, 6) is -0.754. The molecule has 0 atom stereocenters. The van der Waals surface area contributed by atoms with Gasteiger partial charge in [0.15, 0.2) is 5.70 Å². The molecule has 5 nitrogen and oxygen atoms in total. The van der Waals surface area contributed by atoms with E-state index in [2.05, 4.69) is 14.5 Å². The zero-order chi connectivity index (χ0) is 19.4. The lowest BCUT2D eigenvalue weighted by Gasteiger charge is -2.04. The van der Waals surface area contributed by atoms with Gasteiger partial charge in [-0.1, -0.05) is 12.1 Å². The topological polar surface area (TPSA) is 57.1 Å². The molecule has 140 valence electrons. The first-order chi connectivity index (χ1) is 12.9.